The predicted molar refractivity (Wildman–Crippen MR) is 113 cm³/mol. The largest absolute Gasteiger partial charge is 3.00 e. The van der Waals surface area contributed by atoms with Crippen molar-refractivity contribution in [2.75, 3.05) is 6.26 Å². The van der Waals surface area contributed by atoms with Crippen LogP contribution in [0.25, 0.3) is 0 Å². The van der Waals surface area contributed by atoms with Gasteiger partial charge in [0.05, 0.1) is 25.5 Å². The van der Waals surface area contributed by atoms with Crippen molar-refractivity contribution < 1.29 is 71.4 Å². The number of Topliss-reactive ketones (excluding diaryl/α,β-unsaturated/α-hetero) is 6. The summed E-state index contributed by atoms with van der Waals surface area (Å²) in [5, 5.41) is 29.2. The molecule has 0 aromatic rings. The zero-order valence-electron chi connectivity index (χ0n) is 19.9. The van der Waals surface area contributed by atoms with Gasteiger partial charge in [-0.05, 0) is 20.8 Å². The van der Waals surface area contributed by atoms with Crippen molar-refractivity contribution in [3.05, 3.63) is 0 Å². The summed E-state index contributed by atoms with van der Waals surface area (Å²) in [5.74, 6) is -7.11. The number of ketones is 6. The maximum absolute atomic E-state index is 10.4. The molecule has 0 saturated carbocycles. The first-order valence-corrected chi connectivity index (χ1v) is 11.0. The summed E-state index contributed by atoms with van der Waals surface area (Å²) in [6, 6.07) is 0. The molecule has 0 aromatic heterocycles. The average molecular weight is 552 g/mol. The smallest absolute Gasteiger partial charge is 0.550 e. The van der Waals surface area contributed by atoms with Crippen LogP contribution < -0.4 is 15.3 Å². The second-order valence-electron chi connectivity index (χ2n) is 6.63. The quantitative estimate of drug-likeness (QED) is 0.135. The number of rotatable bonds is 12. The second kappa shape index (κ2) is 23.6. The Balaban J connectivity index is -0.000000121. The Labute approximate surface area is 217 Å². The van der Waals surface area contributed by atoms with Gasteiger partial charge < -0.3 is 29.7 Å². The molecule has 0 unspecified atom stereocenters. The minimum absolute atomic E-state index is 0. The summed E-state index contributed by atoms with van der Waals surface area (Å²) < 4.78 is 25.9. The fourth-order valence-corrected chi connectivity index (χ4v) is 1.50. The van der Waals surface area contributed by atoms with Crippen LogP contribution in [-0.2, 0) is 53.3 Å². The molecular weight excluding hydrogens is 527 g/mol. The molecule has 0 aliphatic heterocycles. The molecule has 0 amide bonds. The molecular formula is C19H25AlO15S. The van der Waals surface area contributed by atoms with Gasteiger partial charge in [0, 0.05) is 37.2 Å². The van der Waals surface area contributed by atoms with Crippen LogP contribution in [0.2, 0.25) is 0 Å². The normalized spacial score (nSPS) is 9.03. The fourth-order valence-electron chi connectivity index (χ4n) is 1.50. The maximum Gasteiger partial charge on any atom is 3.00 e. The molecule has 0 saturated heterocycles. The summed E-state index contributed by atoms with van der Waals surface area (Å²) in [5.41, 5.74) is 0. The van der Waals surface area contributed by atoms with Crippen LogP contribution in [0, 0.1) is 0 Å². The van der Waals surface area contributed by atoms with E-state index in [9.17, 15) is 66.9 Å². The van der Waals surface area contributed by atoms with Crippen LogP contribution in [-0.4, -0.2) is 89.2 Å². The molecule has 0 aromatic carbocycles. The van der Waals surface area contributed by atoms with E-state index in [1.807, 2.05) is 0 Å². The van der Waals surface area contributed by atoms with Gasteiger partial charge in [0.1, 0.15) is 34.7 Å². The molecule has 0 aliphatic carbocycles. The fraction of sp³-hybridized carbons (Fsp3) is 0.526. The van der Waals surface area contributed by atoms with Gasteiger partial charge >= 0.3 is 17.4 Å². The van der Waals surface area contributed by atoms with E-state index in [1.54, 1.807) is 0 Å². The summed E-state index contributed by atoms with van der Waals surface area (Å²) in [6.45, 7) is 3.69. The van der Waals surface area contributed by atoms with Gasteiger partial charge in [0.2, 0.25) is 0 Å². The molecule has 0 atom stereocenters. The molecule has 0 spiro atoms. The molecule has 17 heteroatoms. The Morgan fingerprint density at radius 2 is 0.667 bits per heavy atom. The number of carbonyl (C=O) groups is 9. The first-order chi connectivity index (χ1) is 15.6. The Morgan fingerprint density at radius 1 is 0.528 bits per heavy atom. The van der Waals surface area contributed by atoms with E-state index in [4.69, 9.17) is 4.55 Å². The van der Waals surface area contributed by atoms with Gasteiger partial charge in [-0.3, -0.25) is 33.3 Å². The van der Waals surface area contributed by atoms with Gasteiger partial charge in [-0.15, -0.1) is 0 Å². The van der Waals surface area contributed by atoms with Gasteiger partial charge in [-0.2, -0.15) is 8.42 Å². The molecule has 0 radical (unpaired) electrons. The van der Waals surface area contributed by atoms with Crippen molar-refractivity contribution in [2.45, 2.75) is 59.3 Å². The Bertz CT molecular complexity index is 762. The number of carboxylic acids is 3. The van der Waals surface area contributed by atoms with Crippen molar-refractivity contribution in [2.24, 2.45) is 0 Å². The summed E-state index contributed by atoms with van der Waals surface area (Å²) in [4.78, 5) is 91.1. The van der Waals surface area contributed by atoms with E-state index in [0.29, 0.717) is 6.26 Å². The van der Waals surface area contributed by atoms with E-state index in [0.717, 1.165) is 0 Å². The van der Waals surface area contributed by atoms with Gasteiger partial charge in [0.25, 0.3) is 10.1 Å². The molecule has 0 rings (SSSR count). The topological polar surface area (TPSA) is 277 Å². The van der Waals surface area contributed by atoms with Crippen molar-refractivity contribution in [1.82, 2.24) is 0 Å². The van der Waals surface area contributed by atoms with Crippen LogP contribution in [0.3, 0.4) is 0 Å². The Hall–Kier alpha value is -3.13. The minimum Gasteiger partial charge on any atom is -0.550 e. The van der Waals surface area contributed by atoms with Crippen molar-refractivity contribution in [3.63, 3.8) is 0 Å². The zero-order chi connectivity index (χ0) is 28.9. The SMILES string of the molecule is CC(=O)CC(=O)CC(=O)[O-].CC(=O)CC(=O)CC(=O)[O-].CC(=O)CC(=O)CC(=O)[O-].CS(=O)(=O)O.[Al+3]. The van der Waals surface area contributed by atoms with Crippen LogP contribution in [0.15, 0.2) is 0 Å². The van der Waals surface area contributed by atoms with E-state index in [2.05, 4.69) is 0 Å². The molecule has 200 valence electrons. The monoisotopic (exact) mass is 552 g/mol. The molecule has 0 fully saturated rings. The molecule has 1 N–H and O–H groups in total. The standard InChI is InChI=1S/3C6H8O4.CH4O3S.Al/c3*1-4(7)2-5(8)3-6(9)10;1-5(2,3)4;/h3*2-3H2,1H3,(H,9,10);1H3,(H,2,3,4);/q;;;;+3/p-3. The number of aliphatic carboxylic acids is 3. The predicted octanol–water partition coefficient (Wildman–Crippen LogP) is -4.85. The van der Waals surface area contributed by atoms with Crippen molar-refractivity contribution >= 4 is 80.1 Å². The molecule has 36 heavy (non-hydrogen) atoms. The van der Waals surface area contributed by atoms with E-state index < -0.39 is 64.6 Å². The Morgan fingerprint density at radius 3 is 0.750 bits per heavy atom. The Kier molecular flexibility index (Phi) is 28.2. The van der Waals surface area contributed by atoms with Crippen LogP contribution in [0.5, 0.6) is 0 Å². The van der Waals surface area contributed by atoms with Crippen molar-refractivity contribution in [1.29, 1.82) is 0 Å². The summed E-state index contributed by atoms with van der Waals surface area (Å²) in [7, 11) is -3.67. The summed E-state index contributed by atoms with van der Waals surface area (Å²) >= 11 is 0. The third kappa shape index (κ3) is 63.2. The minimum atomic E-state index is -3.67. The van der Waals surface area contributed by atoms with Crippen LogP contribution in [0.1, 0.15) is 59.3 Å². The number of carbonyl (C=O) groups excluding carboxylic acids is 9. The van der Waals surface area contributed by atoms with Crippen molar-refractivity contribution in [3.8, 4) is 0 Å². The first-order valence-electron chi connectivity index (χ1n) is 9.12. The molecule has 0 bridgehead atoms. The first kappa shape index (κ1) is 43.0. The number of hydrogen-bond donors (Lipinski definition) is 1. The zero-order valence-corrected chi connectivity index (χ0v) is 21.9. The van der Waals surface area contributed by atoms with Gasteiger partial charge in [0.15, 0.2) is 0 Å². The molecule has 0 heterocycles. The van der Waals surface area contributed by atoms with Crippen LogP contribution in [0.4, 0.5) is 0 Å². The van der Waals surface area contributed by atoms with Gasteiger partial charge in [-0.1, -0.05) is 0 Å². The van der Waals surface area contributed by atoms with Crippen LogP contribution >= 0.6 is 0 Å². The number of hydrogen-bond acceptors (Lipinski definition) is 14. The van der Waals surface area contributed by atoms with E-state index in [-0.39, 0.29) is 54.0 Å². The van der Waals surface area contributed by atoms with E-state index >= 15 is 0 Å². The van der Waals surface area contributed by atoms with E-state index in [1.165, 1.54) is 20.8 Å². The average Bonchev–Trinajstić information content (AvgIpc) is 2.48. The van der Waals surface area contributed by atoms with Gasteiger partial charge in [-0.25, -0.2) is 0 Å². The number of carboxylic acid groups (broad SMARTS) is 3. The summed E-state index contributed by atoms with van der Waals surface area (Å²) in [6.07, 6.45) is -2.22. The molecule has 15 nitrogen and oxygen atoms in total. The third-order valence-corrected chi connectivity index (χ3v) is 2.36. The maximum atomic E-state index is 10.4. The third-order valence-electron chi connectivity index (χ3n) is 2.36. The molecule has 0 aliphatic rings. The second-order valence-corrected chi connectivity index (χ2v) is 8.10.